The van der Waals surface area contributed by atoms with Crippen LogP contribution in [0.4, 0.5) is 0 Å². The van der Waals surface area contributed by atoms with Crippen molar-refractivity contribution in [3.05, 3.63) is 17.5 Å². The van der Waals surface area contributed by atoms with Gasteiger partial charge in [-0.05, 0) is 27.3 Å². The smallest absolute Gasteiger partial charge is 0.339 e. The number of hydrogen-bond donors (Lipinski definition) is 1. The lowest BCUT2D eigenvalue weighted by Crippen LogP contribution is -2.46. The summed E-state index contributed by atoms with van der Waals surface area (Å²) in [7, 11) is 0. The van der Waals surface area contributed by atoms with Crippen molar-refractivity contribution in [2.24, 2.45) is 0 Å². The molecule has 1 aromatic heterocycles. The number of nitrogens with zero attached hydrogens (tertiary/aromatic N) is 4. The molecule has 1 fully saturated rings. The highest BCUT2D eigenvalue weighted by molar-refractivity contribution is 5.88. The minimum absolute atomic E-state index is 0.214. The quantitative estimate of drug-likeness (QED) is 0.911. The van der Waals surface area contributed by atoms with E-state index in [0.717, 1.165) is 38.4 Å². The van der Waals surface area contributed by atoms with Crippen LogP contribution in [0.1, 0.15) is 43.7 Å². The van der Waals surface area contributed by atoms with Gasteiger partial charge < -0.3 is 10.0 Å². The maximum atomic E-state index is 11.4. The second-order valence-corrected chi connectivity index (χ2v) is 6.60. The number of carboxylic acids is 1. The summed E-state index contributed by atoms with van der Waals surface area (Å²) in [5.41, 5.74) is 0.914. The molecule has 1 saturated heterocycles. The van der Waals surface area contributed by atoms with Gasteiger partial charge in [0.2, 0.25) is 0 Å². The van der Waals surface area contributed by atoms with Crippen LogP contribution in [0.3, 0.4) is 0 Å². The van der Waals surface area contributed by atoms with E-state index in [4.69, 9.17) is 0 Å². The highest BCUT2D eigenvalue weighted by atomic mass is 16.4. The summed E-state index contributed by atoms with van der Waals surface area (Å²) in [5, 5.41) is 13.7. The lowest BCUT2D eigenvalue weighted by Gasteiger charge is -2.34. The number of carbonyl (C=O) groups is 1. The van der Waals surface area contributed by atoms with Crippen molar-refractivity contribution in [3.8, 4) is 0 Å². The molecule has 118 valence electrons. The van der Waals surface area contributed by atoms with Crippen LogP contribution in [-0.4, -0.2) is 63.4 Å². The predicted octanol–water partition coefficient (Wildman–Crippen LogP) is 1.47. The van der Waals surface area contributed by atoms with E-state index in [-0.39, 0.29) is 5.54 Å². The predicted molar refractivity (Wildman–Crippen MR) is 81.6 cm³/mol. The zero-order valence-electron chi connectivity index (χ0n) is 13.5. The minimum Gasteiger partial charge on any atom is -0.478 e. The first-order valence-corrected chi connectivity index (χ1v) is 7.58. The Labute approximate surface area is 126 Å². The Morgan fingerprint density at radius 3 is 2.29 bits per heavy atom. The molecule has 2 heterocycles. The van der Waals surface area contributed by atoms with Gasteiger partial charge in [-0.15, -0.1) is 0 Å². The van der Waals surface area contributed by atoms with E-state index in [1.807, 2.05) is 25.5 Å². The van der Waals surface area contributed by atoms with E-state index in [1.54, 1.807) is 0 Å². The molecule has 0 saturated carbocycles. The van der Waals surface area contributed by atoms with Crippen molar-refractivity contribution in [1.82, 2.24) is 19.6 Å². The van der Waals surface area contributed by atoms with Crippen molar-refractivity contribution >= 4 is 5.97 Å². The number of rotatable bonds is 4. The van der Waals surface area contributed by atoms with Crippen molar-refractivity contribution in [2.75, 3.05) is 32.7 Å². The van der Waals surface area contributed by atoms with Gasteiger partial charge in [-0.25, -0.2) is 4.79 Å². The number of likely N-dealkylation sites (N-methyl/N-ethyl adjacent to an activating group) is 1. The van der Waals surface area contributed by atoms with Gasteiger partial charge in [-0.1, -0.05) is 6.92 Å². The first-order valence-electron chi connectivity index (χ1n) is 7.58. The van der Waals surface area contributed by atoms with Gasteiger partial charge in [-0.2, -0.15) is 5.10 Å². The Morgan fingerprint density at radius 1 is 1.24 bits per heavy atom. The second kappa shape index (κ2) is 6.15. The van der Waals surface area contributed by atoms with Crippen LogP contribution in [0.15, 0.2) is 6.20 Å². The molecule has 1 N–H and O–H groups in total. The third kappa shape index (κ3) is 3.63. The van der Waals surface area contributed by atoms with Gasteiger partial charge in [0, 0.05) is 32.7 Å². The normalized spacial score (nSPS) is 18.1. The van der Waals surface area contributed by atoms with E-state index in [2.05, 4.69) is 21.8 Å². The summed E-state index contributed by atoms with van der Waals surface area (Å²) in [6.07, 6.45) is 1.48. The number of piperazine rings is 1. The van der Waals surface area contributed by atoms with E-state index < -0.39 is 5.97 Å². The largest absolute Gasteiger partial charge is 0.478 e. The average molecular weight is 294 g/mol. The molecule has 2 rings (SSSR count). The van der Waals surface area contributed by atoms with E-state index in [0.29, 0.717) is 12.1 Å². The van der Waals surface area contributed by atoms with Crippen LogP contribution in [0.2, 0.25) is 0 Å². The zero-order chi connectivity index (χ0) is 15.6. The van der Waals surface area contributed by atoms with Crippen LogP contribution < -0.4 is 0 Å². The minimum atomic E-state index is -0.896. The fourth-order valence-corrected chi connectivity index (χ4v) is 2.76. The molecule has 0 bridgehead atoms. The molecule has 0 radical (unpaired) electrons. The molecule has 0 atom stereocenters. The third-order valence-corrected chi connectivity index (χ3v) is 4.02. The summed E-state index contributed by atoms with van der Waals surface area (Å²) < 4.78 is 1.85. The third-order valence-electron chi connectivity index (χ3n) is 4.02. The van der Waals surface area contributed by atoms with E-state index >= 15 is 0 Å². The first kappa shape index (κ1) is 16.0. The standard InChI is InChI=1S/C15H26N4O2/c1-5-17-6-8-18(9-7-17)11-13-12(14(20)21)10-16-19(13)15(2,3)4/h10H,5-9,11H2,1-4H3,(H,20,21). The monoisotopic (exact) mass is 294 g/mol. The summed E-state index contributed by atoms with van der Waals surface area (Å²) in [6.45, 7) is 14.1. The molecule has 1 aromatic rings. The van der Waals surface area contributed by atoms with Gasteiger partial charge >= 0.3 is 5.97 Å². The molecule has 1 aliphatic heterocycles. The summed E-state index contributed by atoms with van der Waals surface area (Å²) in [6, 6.07) is 0. The van der Waals surface area contributed by atoms with Crippen LogP contribution >= 0.6 is 0 Å². The van der Waals surface area contributed by atoms with E-state index in [1.165, 1.54) is 6.20 Å². The highest BCUT2D eigenvalue weighted by Crippen LogP contribution is 2.21. The molecule has 21 heavy (non-hydrogen) atoms. The lowest BCUT2D eigenvalue weighted by molar-refractivity contribution is 0.0692. The summed E-state index contributed by atoms with van der Waals surface area (Å²) in [4.78, 5) is 16.2. The average Bonchev–Trinajstić information content (AvgIpc) is 2.83. The fraction of sp³-hybridized carbons (Fsp3) is 0.733. The van der Waals surface area contributed by atoms with Crippen molar-refractivity contribution in [1.29, 1.82) is 0 Å². The Bertz CT molecular complexity index is 496. The Morgan fingerprint density at radius 2 is 1.81 bits per heavy atom. The molecule has 1 aliphatic rings. The van der Waals surface area contributed by atoms with Gasteiger partial charge in [0.15, 0.2) is 0 Å². The number of aromatic nitrogens is 2. The van der Waals surface area contributed by atoms with Crippen molar-refractivity contribution in [3.63, 3.8) is 0 Å². The van der Waals surface area contributed by atoms with Crippen LogP contribution in [0.25, 0.3) is 0 Å². The number of hydrogen-bond acceptors (Lipinski definition) is 4. The van der Waals surface area contributed by atoms with Gasteiger partial charge in [0.25, 0.3) is 0 Å². The van der Waals surface area contributed by atoms with Crippen molar-refractivity contribution in [2.45, 2.75) is 39.8 Å². The molecule has 0 aliphatic carbocycles. The molecule has 0 unspecified atom stereocenters. The number of carboxylic acid groups (broad SMARTS) is 1. The maximum absolute atomic E-state index is 11.4. The molecular weight excluding hydrogens is 268 g/mol. The Hall–Kier alpha value is -1.40. The first-order chi connectivity index (χ1) is 9.82. The molecule has 0 aromatic carbocycles. The fourth-order valence-electron chi connectivity index (χ4n) is 2.76. The molecule has 6 heteroatoms. The summed E-state index contributed by atoms with van der Waals surface area (Å²) >= 11 is 0. The lowest BCUT2D eigenvalue weighted by atomic mass is 10.1. The Balaban J connectivity index is 2.18. The molecule has 6 nitrogen and oxygen atoms in total. The van der Waals surface area contributed by atoms with Gasteiger partial charge in [0.05, 0.1) is 17.4 Å². The number of aromatic carboxylic acids is 1. The summed E-state index contributed by atoms with van der Waals surface area (Å²) in [5.74, 6) is -0.896. The molecular formula is C15H26N4O2. The highest BCUT2D eigenvalue weighted by Gasteiger charge is 2.26. The zero-order valence-corrected chi connectivity index (χ0v) is 13.5. The van der Waals surface area contributed by atoms with E-state index in [9.17, 15) is 9.90 Å². The SMILES string of the molecule is CCN1CCN(Cc2c(C(=O)O)cnn2C(C)(C)C)CC1. The van der Waals surface area contributed by atoms with Crippen LogP contribution in [-0.2, 0) is 12.1 Å². The Kier molecular flexibility index (Phi) is 4.68. The van der Waals surface area contributed by atoms with Crippen molar-refractivity contribution < 1.29 is 9.90 Å². The molecule has 0 spiro atoms. The van der Waals surface area contributed by atoms with Crippen LogP contribution in [0.5, 0.6) is 0 Å². The molecule has 0 amide bonds. The topological polar surface area (TPSA) is 61.6 Å². The maximum Gasteiger partial charge on any atom is 0.339 e. The van der Waals surface area contributed by atoms with Gasteiger partial charge in [0.1, 0.15) is 5.56 Å². The van der Waals surface area contributed by atoms with Crippen LogP contribution in [0, 0.1) is 0 Å². The van der Waals surface area contributed by atoms with Gasteiger partial charge in [-0.3, -0.25) is 9.58 Å². The second-order valence-electron chi connectivity index (χ2n) is 6.60.